The molecule has 1 aliphatic heterocycles. The van der Waals surface area contributed by atoms with Gasteiger partial charge in [0.2, 0.25) is 5.91 Å². The number of primary amides is 1. The summed E-state index contributed by atoms with van der Waals surface area (Å²) in [5, 5.41) is 0. The molecular weight excluding hydrogens is 270 g/mol. The molecule has 7 heteroatoms. The lowest BCUT2D eigenvalue weighted by atomic mass is 10.2. The minimum absolute atomic E-state index is 0.0484. The predicted octanol–water partition coefficient (Wildman–Crippen LogP) is 1.52. The van der Waals surface area contributed by atoms with E-state index in [-0.39, 0.29) is 6.61 Å². The molecule has 0 aromatic heterocycles. The zero-order chi connectivity index (χ0) is 14.8. The number of carbonyl (C=O) groups is 2. The van der Waals surface area contributed by atoms with Crippen molar-refractivity contribution in [3.8, 4) is 0 Å². The Kier molecular flexibility index (Phi) is 3.87. The van der Waals surface area contributed by atoms with Crippen LogP contribution in [0.15, 0.2) is 30.3 Å². The highest BCUT2D eigenvalue weighted by Crippen LogP contribution is 2.32. The van der Waals surface area contributed by atoms with Gasteiger partial charge in [-0.3, -0.25) is 9.69 Å². The van der Waals surface area contributed by atoms with Gasteiger partial charge in [0, 0.05) is 6.42 Å². The second kappa shape index (κ2) is 5.44. The van der Waals surface area contributed by atoms with Crippen LogP contribution in [-0.4, -0.2) is 35.4 Å². The number of carbonyl (C=O) groups excluding carboxylic acids is 2. The van der Waals surface area contributed by atoms with Crippen LogP contribution in [-0.2, 0) is 16.1 Å². The molecule has 2 N–H and O–H groups in total. The number of hydrogen-bond donors (Lipinski definition) is 1. The fraction of sp³-hybridized carbons (Fsp3) is 0.385. The lowest BCUT2D eigenvalue weighted by molar-refractivity contribution is -0.122. The number of amides is 2. The molecule has 1 atom stereocenters. The molecule has 1 aliphatic rings. The van der Waals surface area contributed by atoms with Crippen LogP contribution < -0.4 is 5.73 Å². The molecule has 1 aromatic rings. The maximum atomic E-state index is 13.3. The Morgan fingerprint density at radius 2 is 2.00 bits per heavy atom. The summed E-state index contributed by atoms with van der Waals surface area (Å²) in [5.41, 5.74) is 5.76. The quantitative estimate of drug-likeness (QED) is 0.914. The van der Waals surface area contributed by atoms with E-state index < -0.39 is 36.9 Å². The van der Waals surface area contributed by atoms with Crippen molar-refractivity contribution in [2.45, 2.75) is 25.0 Å². The van der Waals surface area contributed by atoms with Crippen molar-refractivity contribution >= 4 is 12.0 Å². The van der Waals surface area contributed by atoms with Crippen LogP contribution in [0.1, 0.15) is 12.0 Å². The van der Waals surface area contributed by atoms with Gasteiger partial charge in [-0.2, -0.15) is 0 Å². The van der Waals surface area contributed by atoms with Gasteiger partial charge in [-0.05, 0) is 5.56 Å². The van der Waals surface area contributed by atoms with Gasteiger partial charge in [0.1, 0.15) is 12.6 Å². The van der Waals surface area contributed by atoms with E-state index >= 15 is 0 Å². The molecule has 1 heterocycles. The molecule has 1 fully saturated rings. The highest BCUT2D eigenvalue weighted by molar-refractivity contribution is 5.85. The first-order valence-electron chi connectivity index (χ1n) is 6.03. The number of hydrogen-bond acceptors (Lipinski definition) is 3. The first-order chi connectivity index (χ1) is 9.39. The first kappa shape index (κ1) is 14.2. The van der Waals surface area contributed by atoms with Crippen molar-refractivity contribution < 1.29 is 23.1 Å². The maximum Gasteiger partial charge on any atom is 0.410 e. The van der Waals surface area contributed by atoms with Crippen LogP contribution >= 0.6 is 0 Å². The summed E-state index contributed by atoms with van der Waals surface area (Å²) in [6, 6.07) is 7.47. The van der Waals surface area contributed by atoms with E-state index in [1.54, 1.807) is 30.3 Å². The molecule has 0 saturated carbocycles. The zero-order valence-corrected chi connectivity index (χ0v) is 10.6. The molecule has 5 nitrogen and oxygen atoms in total. The topological polar surface area (TPSA) is 72.6 Å². The van der Waals surface area contributed by atoms with E-state index in [0.29, 0.717) is 4.90 Å². The minimum Gasteiger partial charge on any atom is -0.445 e. The van der Waals surface area contributed by atoms with Gasteiger partial charge in [-0.15, -0.1) is 0 Å². The molecule has 1 saturated heterocycles. The van der Waals surface area contributed by atoms with Gasteiger partial charge >= 0.3 is 6.09 Å². The Labute approximate surface area is 114 Å². The van der Waals surface area contributed by atoms with E-state index in [4.69, 9.17) is 10.5 Å². The van der Waals surface area contributed by atoms with E-state index in [9.17, 15) is 18.4 Å². The molecule has 108 valence electrons. The van der Waals surface area contributed by atoms with Crippen LogP contribution in [0.3, 0.4) is 0 Å². The molecule has 1 aromatic carbocycles. The normalized spacial score (nSPS) is 20.7. The maximum absolute atomic E-state index is 13.3. The van der Waals surface area contributed by atoms with Crippen molar-refractivity contribution in [1.29, 1.82) is 0 Å². The predicted molar refractivity (Wildman–Crippen MR) is 65.9 cm³/mol. The molecule has 2 rings (SSSR count). The molecular formula is C13H14F2N2O3. The third-order valence-corrected chi connectivity index (χ3v) is 3.04. The molecule has 0 aliphatic carbocycles. The number of nitrogens with two attached hydrogens (primary N) is 1. The smallest absolute Gasteiger partial charge is 0.410 e. The third kappa shape index (κ3) is 3.23. The van der Waals surface area contributed by atoms with E-state index in [1.165, 1.54) is 0 Å². The summed E-state index contributed by atoms with van der Waals surface area (Å²) in [5.74, 6) is -4.08. The number of ether oxygens (including phenoxy) is 1. The standard InChI is InChI=1S/C13H14F2N2O3/c14-13(15)6-10(11(16)18)17(8-13)12(19)20-7-9-4-2-1-3-5-9/h1-5,10H,6-8H2,(H2,16,18). The van der Waals surface area contributed by atoms with E-state index in [2.05, 4.69) is 0 Å². The minimum atomic E-state index is -3.12. The second-order valence-corrected chi connectivity index (χ2v) is 4.65. The molecule has 2 amide bonds. The SMILES string of the molecule is NC(=O)C1CC(F)(F)CN1C(=O)OCc1ccccc1. The lowest BCUT2D eigenvalue weighted by Crippen LogP contribution is -2.44. The first-order valence-corrected chi connectivity index (χ1v) is 6.03. The Bertz CT molecular complexity index is 508. The fourth-order valence-corrected chi connectivity index (χ4v) is 2.07. The molecule has 1 unspecified atom stereocenters. The van der Waals surface area contributed by atoms with Crippen LogP contribution in [0.25, 0.3) is 0 Å². The summed E-state index contributed by atoms with van der Waals surface area (Å²) in [4.78, 5) is 23.6. The Morgan fingerprint density at radius 3 is 2.60 bits per heavy atom. The summed E-state index contributed by atoms with van der Waals surface area (Å²) in [6.45, 7) is -0.901. The molecule has 0 radical (unpaired) electrons. The summed E-state index contributed by atoms with van der Waals surface area (Å²) in [7, 11) is 0. The largest absolute Gasteiger partial charge is 0.445 e. The lowest BCUT2D eigenvalue weighted by Gasteiger charge is -2.20. The van der Waals surface area contributed by atoms with Crippen molar-refractivity contribution in [1.82, 2.24) is 4.90 Å². The van der Waals surface area contributed by atoms with Crippen molar-refractivity contribution in [2.75, 3.05) is 6.54 Å². The summed E-state index contributed by atoms with van der Waals surface area (Å²) < 4.78 is 31.5. The van der Waals surface area contributed by atoms with Crippen molar-refractivity contribution in [3.63, 3.8) is 0 Å². The van der Waals surface area contributed by atoms with Crippen LogP contribution in [0.5, 0.6) is 0 Å². The highest BCUT2D eigenvalue weighted by Gasteiger charge is 2.50. The molecule has 0 spiro atoms. The number of likely N-dealkylation sites (tertiary alicyclic amines) is 1. The van der Waals surface area contributed by atoms with Crippen LogP contribution in [0, 0.1) is 0 Å². The highest BCUT2D eigenvalue weighted by atomic mass is 19.3. The zero-order valence-electron chi connectivity index (χ0n) is 10.6. The molecule has 0 bridgehead atoms. The van der Waals surface area contributed by atoms with E-state index in [1.807, 2.05) is 0 Å². The number of rotatable bonds is 3. The van der Waals surface area contributed by atoms with Gasteiger partial charge in [-0.1, -0.05) is 30.3 Å². The van der Waals surface area contributed by atoms with Gasteiger partial charge in [-0.25, -0.2) is 13.6 Å². The average molecular weight is 284 g/mol. The van der Waals surface area contributed by atoms with Gasteiger partial charge in [0.15, 0.2) is 0 Å². The van der Waals surface area contributed by atoms with E-state index in [0.717, 1.165) is 5.56 Å². The number of benzene rings is 1. The van der Waals surface area contributed by atoms with Gasteiger partial charge in [0.05, 0.1) is 6.54 Å². The fourth-order valence-electron chi connectivity index (χ4n) is 2.07. The van der Waals surface area contributed by atoms with Gasteiger partial charge in [0.25, 0.3) is 5.92 Å². The Balaban J connectivity index is 1.99. The van der Waals surface area contributed by atoms with Crippen LogP contribution in [0.2, 0.25) is 0 Å². The average Bonchev–Trinajstić information content (AvgIpc) is 2.74. The molecule has 20 heavy (non-hydrogen) atoms. The summed E-state index contributed by atoms with van der Waals surface area (Å²) >= 11 is 0. The monoisotopic (exact) mass is 284 g/mol. The van der Waals surface area contributed by atoms with Crippen molar-refractivity contribution in [3.05, 3.63) is 35.9 Å². The number of halogens is 2. The summed E-state index contributed by atoms with van der Waals surface area (Å²) in [6.07, 6.45) is -1.72. The number of alkyl halides is 2. The van der Waals surface area contributed by atoms with Crippen LogP contribution in [0.4, 0.5) is 13.6 Å². The van der Waals surface area contributed by atoms with Crippen molar-refractivity contribution in [2.24, 2.45) is 5.73 Å². The second-order valence-electron chi connectivity index (χ2n) is 4.65. The van der Waals surface area contributed by atoms with Gasteiger partial charge < -0.3 is 10.5 Å². The number of nitrogens with zero attached hydrogens (tertiary/aromatic N) is 1. The third-order valence-electron chi connectivity index (χ3n) is 3.04. The Morgan fingerprint density at radius 1 is 1.35 bits per heavy atom. The Hall–Kier alpha value is -2.18.